The van der Waals surface area contributed by atoms with Gasteiger partial charge in [-0.3, -0.25) is 14.6 Å². The van der Waals surface area contributed by atoms with E-state index in [0.717, 1.165) is 5.56 Å². The van der Waals surface area contributed by atoms with E-state index in [4.69, 9.17) is 0 Å². The Hall–Kier alpha value is -1.96. The van der Waals surface area contributed by atoms with Gasteiger partial charge in [0.2, 0.25) is 5.91 Å². The van der Waals surface area contributed by atoms with E-state index in [1.807, 2.05) is 6.92 Å². The lowest BCUT2D eigenvalue weighted by Crippen LogP contribution is -2.62. The fraction of sp³-hybridized carbons (Fsp3) is 0.588. The van der Waals surface area contributed by atoms with Crippen molar-refractivity contribution in [1.82, 2.24) is 14.8 Å². The monoisotopic (exact) mass is 365 g/mol. The summed E-state index contributed by atoms with van der Waals surface area (Å²) in [6.45, 7) is 6.15. The molecule has 2 atom stereocenters. The van der Waals surface area contributed by atoms with Gasteiger partial charge < -0.3 is 9.80 Å². The molecule has 0 saturated carbocycles. The van der Waals surface area contributed by atoms with Crippen molar-refractivity contribution in [2.24, 2.45) is 5.92 Å². The van der Waals surface area contributed by atoms with Gasteiger partial charge in [-0.05, 0) is 18.6 Å². The van der Waals surface area contributed by atoms with Crippen molar-refractivity contribution in [1.29, 1.82) is 0 Å². The summed E-state index contributed by atoms with van der Waals surface area (Å²) in [6, 6.07) is 0.796. The Morgan fingerprint density at radius 3 is 2.32 bits per heavy atom. The van der Waals surface area contributed by atoms with Crippen molar-refractivity contribution >= 4 is 21.7 Å². The largest absolute Gasteiger partial charge is 0.335 e. The molecular weight excluding hydrogens is 342 g/mol. The van der Waals surface area contributed by atoms with Crippen LogP contribution in [0.4, 0.5) is 0 Å². The molecule has 2 fully saturated rings. The predicted molar refractivity (Wildman–Crippen MR) is 92.8 cm³/mol. The Morgan fingerprint density at radius 1 is 1.12 bits per heavy atom. The third kappa shape index (κ3) is 3.40. The van der Waals surface area contributed by atoms with Crippen LogP contribution >= 0.6 is 0 Å². The van der Waals surface area contributed by atoms with Crippen molar-refractivity contribution < 1.29 is 18.0 Å². The molecule has 0 bridgehead atoms. The Balaban J connectivity index is 1.91. The first-order valence-electron chi connectivity index (χ1n) is 8.43. The maximum Gasteiger partial charge on any atom is 0.255 e. The standard InChI is InChI=1S/C17H23N3O4S/c1-11(2)16(21)19-4-5-20(15-10-25(23,24)9-14(15)19)17(22)13-6-12(3)7-18-8-13/h6-8,11,14-15H,4-5,9-10H2,1-3H3/t14-,15+/m1/s1. The van der Waals surface area contributed by atoms with Crippen molar-refractivity contribution in [2.45, 2.75) is 32.9 Å². The normalized spacial score (nSPS) is 25.1. The second-order valence-corrected chi connectivity index (χ2v) is 9.30. The Bertz CT molecular complexity index is 806. The van der Waals surface area contributed by atoms with Crippen molar-refractivity contribution in [2.75, 3.05) is 24.6 Å². The summed E-state index contributed by atoms with van der Waals surface area (Å²) in [5.41, 5.74) is 1.32. The number of rotatable bonds is 2. The van der Waals surface area contributed by atoms with Gasteiger partial charge in [0.15, 0.2) is 9.84 Å². The van der Waals surface area contributed by atoms with Crippen LogP contribution in [-0.2, 0) is 14.6 Å². The zero-order valence-electron chi connectivity index (χ0n) is 14.7. The predicted octanol–water partition coefficient (Wildman–Crippen LogP) is 0.496. The van der Waals surface area contributed by atoms with Gasteiger partial charge >= 0.3 is 0 Å². The number of pyridine rings is 1. The van der Waals surface area contributed by atoms with Crippen LogP contribution in [0.15, 0.2) is 18.5 Å². The smallest absolute Gasteiger partial charge is 0.255 e. The highest BCUT2D eigenvalue weighted by Gasteiger charge is 2.49. The van der Waals surface area contributed by atoms with Crippen molar-refractivity contribution in [3.8, 4) is 0 Å². The molecular formula is C17H23N3O4S. The van der Waals surface area contributed by atoms with E-state index in [1.165, 1.54) is 6.20 Å². The van der Waals surface area contributed by atoms with Crippen molar-refractivity contribution in [3.63, 3.8) is 0 Å². The zero-order chi connectivity index (χ0) is 18.4. The topological polar surface area (TPSA) is 87.7 Å². The highest BCUT2D eigenvalue weighted by molar-refractivity contribution is 7.91. The maximum atomic E-state index is 12.9. The molecule has 3 rings (SSSR count). The number of hydrogen-bond donors (Lipinski definition) is 0. The lowest BCUT2D eigenvalue weighted by molar-refractivity contribution is -0.139. The highest BCUT2D eigenvalue weighted by atomic mass is 32.2. The highest BCUT2D eigenvalue weighted by Crippen LogP contribution is 2.29. The van der Waals surface area contributed by atoms with Gasteiger partial charge in [0.1, 0.15) is 0 Å². The number of carbonyl (C=O) groups excluding carboxylic acids is 2. The molecule has 0 unspecified atom stereocenters. The summed E-state index contributed by atoms with van der Waals surface area (Å²) >= 11 is 0. The van der Waals surface area contributed by atoms with Crippen LogP contribution in [0, 0.1) is 12.8 Å². The molecule has 2 aliphatic rings. The van der Waals surface area contributed by atoms with E-state index in [2.05, 4.69) is 4.98 Å². The first-order valence-corrected chi connectivity index (χ1v) is 10.3. The van der Waals surface area contributed by atoms with Gasteiger partial charge in [0.05, 0.1) is 29.2 Å². The summed E-state index contributed by atoms with van der Waals surface area (Å²) in [6.07, 6.45) is 3.16. The quantitative estimate of drug-likeness (QED) is 0.761. The molecule has 2 saturated heterocycles. The minimum absolute atomic E-state index is 0.0589. The Labute approximate surface area is 147 Å². The molecule has 25 heavy (non-hydrogen) atoms. The Kier molecular flexibility index (Phi) is 4.57. The van der Waals surface area contributed by atoms with Gasteiger partial charge in [-0.15, -0.1) is 0 Å². The molecule has 0 N–H and O–H groups in total. The van der Waals surface area contributed by atoms with Crippen molar-refractivity contribution in [3.05, 3.63) is 29.6 Å². The van der Waals surface area contributed by atoms with Gasteiger partial charge in [0, 0.05) is 31.4 Å². The van der Waals surface area contributed by atoms with E-state index in [-0.39, 0.29) is 29.2 Å². The second-order valence-electron chi connectivity index (χ2n) is 7.15. The van der Waals surface area contributed by atoms with Gasteiger partial charge in [-0.1, -0.05) is 13.8 Å². The number of fused-ring (bicyclic) bond motifs is 1. The molecule has 7 nitrogen and oxygen atoms in total. The number of nitrogens with zero attached hydrogens (tertiary/aromatic N) is 3. The van der Waals surface area contributed by atoms with E-state index in [9.17, 15) is 18.0 Å². The number of carbonyl (C=O) groups is 2. The van der Waals surface area contributed by atoms with Gasteiger partial charge in [0.25, 0.3) is 5.91 Å². The summed E-state index contributed by atoms with van der Waals surface area (Å²) in [4.78, 5) is 32.7. The lowest BCUT2D eigenvalue weighted by atomic mass is 10.0. The number of aromatic nitrogens is 1. The Morgan fingerprint density at radius 2 is 1.72 bits per heavy atom. The fourth-order valence-electron chi connectivity index (χ4n) is 3.65. The first-order chi connectivity index (χ1) is 11.7. The zero-order valence-corrected chi connectivity index (χ0v) is 15.5. The lowest BCUT2D eigenvalue weighted by Gasteiger charge is -2.44. The fourth-order valence-corrected chi connectivity index (χ4v) is 5.63. The summed E-state index contributed by atoms with van der Waals surface area (Å²) in [5.74, 6) is -0.653. The number of sulfone groups is 1. The number of hydrogen-bond acceptors (Lipinski definition) is 5. The maximum absolute atomic E-state index is 12.9. The second kappa shape index (κ2) is 6.40. The average molecular weight is 365 g/mol. The average Bonchev–Trinajstić information content (AvgIpc) is 2.87. The SMILES string of the molecule is Cc1cncc(C(=O)N2CCN(C(=O)C(C)C)[C@@H]3CS(=O)(=O)C[C@@H]32)c1. The van der Waals surface area contributed by atoms with Crippen LogP contribution in [0.3, 0.4) is 0 Å². The molecule has 0 aliphatic carbocycles. The summed E-state index contributed by atoms with van der Waals surface area (Å²) in [5, 5.41) is 0. The van der Waals surface area contributed by atoms with Crippen LogP contribution in [-0.4, -0.2) is 71.7 Å². The van der Waals surface area contributed by atoms with E-state index < -0.39 is 21.9 Å². The number of piperazine rings is 1. The van der Waals surface area contributed by atoms with E-state index in [0.29, 0.717) is 18.7 Å². The van der Waals surface area contributed by atoms with Gasteiger partial charge in [-0.25, -0.2) is 8.42 Å². The molecule has 2 aliphatic heterocycles. The minimum Gasteiger partial charge on any atom is -0.335 e. The number of amides is 2. The minimum atomic E-state index is -3.28. The van der Waals surface area contributed by atoms with Crippen LogP contribution in [0.1, 0.15) is 29.8 Å². The molecule has 0 spiro atoms. The van der Waals surface area contributed by atoms with E-state index in [1.54, 1.807) is 35.9 Å². The van der Waals surface area contributed by atoms with Crippen LogP contribution in [0.5, 0.6) is 0 Å². The molecule has 136 valence electrons. The molecule has 0 aromatic carbocycles. The molecule has 2 amide bonds. The first kappa shape index (κ1) is 17.8. The molecule has 1 aromatic heterocycles. The third-order valence-electron chi connectivity index (χ3n) is 4.84. The molecule has 0 radical (unpaired) electrons. The van der Waals surface area contributed by atoms with Crippen LogP contribution < -0.4 is 0 Å². The summed E-state index contributed by atoms with van der Waals surface area (Å²) < 4.78 is 24.4. The van der Waals surface area contributed by atoms with Gasteiger partial charge in [-0.2, -0.15) is 0 Å². The molecule has 8 heteroatoms. The van der Waals surface area contributed by atoms with E-state index >= 15 is 0 Å². The number of aryl methyl sites for hydroxylation is 1. The van der Waals surface area contributed by atoms with Crippen LogP contribution in [0.2, 0.25) is 0 Å². The third-order valence-corrected chi connectivity index (χ3v) is 6.53. The molecule has 3 heterocycles. The van der Waals surface area contributed by atoms with Crippen LogP contribution in [0.25, 0.3) is 0 Å². The molecule has 1 aromatic rings. The summed E-state index contributed by atoms with van der Waals surface area (Å²) in [7, 11) is -3.28.